The van der Waals surface area contributed by atoms with Gasteiger partial charge in [0.1, 0.15) is 22.5 Å². The van der Waals surface area contributed by atoms with Crippen LogP contribution < -0.4 is 10.1 Å². The van der Waals surface area contributed by atoms with Gasteiger partial charge in [0.2, 0.25) is 5.88 Å². The SMILES string of the molecule is COC(=O)[C@@H]1C[C@@H](Oc2nc(-c3ccnn3C)nc3ccsc23)CN1. The Bertz CT molecular complexity index is 922. The number of nitrogens with zero attached hydrogens (tertiary/aromatic N) is 4. The fourth-order valence-corrected chi connectivity index (χ4v) is 3.66. The van der Waals surface area contributed by atoms with E-state index in [1.165, 1.54) is 18.4 Å². The maximum absolute atomic E-state index is 11.7. The molecule has 9 heteroatoms. The lowest BCUT2D eigenvalue weighted by molar-refractivity contribution is -0.142. The predicted octanol–water partition coefficient (Wildman–Crippen LogP) is 1.37. The van der Waals surface area contributed by atoms with Gasteiger partial charge in [-0.1, -0.05) is 0 Å². The number of methoxy groups -OCH3 is 1. The average Bonchev–Trinajstić information content (AvgIpc) is 3.34. The lowest BCUT2D eigenvalue weighted by Gasteiger charge is -2.13. The number of hydrogen-bond donors (Lipinski definition) is 1. The molecular weight excluding hydrogens is 342 g/mol. The first-order valence-corrected chi connectivity index (χ1v) is 8.75. The zero-order chi connectivity index (χ0) is 17.4. The van der Waals surface area contributed by atoms with Gasteiger partial charge in [0.25, 0.3) is 0 Å². The minimum Gasteiger partial charge on any atom is -0.472 e. The first-order chi connectivity index (χ1) is 12.2. The van der Waals surface area contributed by atoms with Gasteiger partial charge in [-0.3, -0.25) is 9.48 Å². The van der Waals surface area contributed by atoms with Gasteiger partial charge >= 0.3 is 5.97 Å². The number of fused-ring (bicyclic) bond motifs is 1. The van der Waals surface area contributed by atoms with E-state index in [9.17, 15) is 4.79 Å². The van der Waals surface area contributed by atoms with Crippen LogP contribution in [-0.2, 0) is 16.6 Å². The number of ether oxygens (including phenoxy) is 2. The van der Waals surface area contributed by atoms with Crippen LogP contribution in [0.4, 0.5) is 0 Å². The van der Waals surface area contributed by atoms with Crippen molar-refractivity contribution in [2.75, 3.05) is 13.7 Å². The van der Waals surface area contributed by atoms with E-state index in [0.29, 0.717) is 24.7 Å². The van der Waals surface area contributed by atoms with Gasteiger partial charge in [-0.25, -0.2) is 4.98 Å². The summed E-state index contributed by atoms with van der Waals surface area (Å²) >= 11 is 1.53. The molecule has 2 atom stereocenters. The molecule has 1 aliphatic heterocycles. The van der Waals surface area contributed by atoms with Crippen molar-refractivity contribution in [2.24, 2.45) is 7.05 Å². The highest BCUT2D eigenvalue weighted by Gasteiger charge is 2.32. The third-order valence-corrected chi connectivity index (χ3v) is 5.07. The highest BCUT2D eigenvalue weighted by Crippen LogP contribution is 2.31. The Morgan fingerprint density at radius 2 is 2.28 bits per heavy atom. The van der Waals surface area contributed by atoms with Crippen LogP contribution in [0.1, 0.15) is 6.42 Å². The van der Waals surface area contributed by atoms with Gasteiger partial charge in [-0.05, 0) is 17.5 Å². The molecule has 130 valence electrons. The molecule has 4 heterocycles. The standard InChI is InChI=1S/C16H17N5O3S/c1-21-12(3-5-18-21)14-19-10-4-6-25-13(10)15(20-14)24-9-7-11(17-8-9)16(22)23-2/h3-6,9,11,17H,7-8H2,1-2H3/t9-,11+/m1/s1. The van der Waals surface area contributed by atoms with Crippen LogP contribution in [-0.4, -0.2) is 51.5 Å². The molecule has 0 unspecified atom stereocenters. The molecule has 0 radical (unpaired) electrons. The largest absolute Gasteiger partial charge is 0.472 e. The molecule has 0 bridgehead atoms. The minimum absolute atomic E-state index is 0.149. The molecule has 4 rings (SSSR count). The number of hydrogen-bond acceptors (Lipinski definition) is 8. The number of aromatic nitrogens is 4. The smallest absolute Gasteiger partial charge is 0.323 e. The summed E-state index contributed by atoms with van der Waals surface area (Å²) in [6, 6.07) is 3.47. The van der Waals surface area contributed by atoms with Gasteiger partial charge in [0, 0.05) is 26.2 Å². The minimum atomic E-state index is -0.341. The molecule has 1 saturated heterocycles. The Labute approximate surface area is 147 Å². The van der Waals surface area contributed by atoms with Crippen molar-refractivity contribution in [1.82, 2.24) is 25.1 Å². The van der Waals surface area contributed by atoms with Crippen molar-refractivity contribution in [3.63, 3.8) is 0 Å². The van der Waals surface area contributed by atoms with E-state index in [-0.39, 0.29) is 18.1 Å². The molecule has 8 nitrogen and oxygen atoms in total. The molecule has 1 N–H and O–H groups in total. The number of esters is 1. The van der Waals surface area contributed by atoms with Gasteiger partial charge in [-0.15, -0.1) is 11.3 Å². The zero-order valence-electron chi connectivity index (χ0n) is 13.8. The van der Waals surface area contributed by atoms with Gasteiger partial charge in [-0.2, -0.15) is 10.1 Å². The number of aryl methyl sites for hydroxylation is 1. The van der Waals surface area contributed by atoms with Crippen LogP contribution >= 0.6 is 11.3 Å². The van der Waals surface area contributed by atoms with Crippen molar-refractivity contribution in [3.8, 4) is 17.4 Å². The Kier molecular flexibility index (Phi) is 4.10. The molecule has 0 amide bonds. The lowest BCUT2D eigenvalue weighted by Crippen LogP contribution is -2.31. The van der Waals surface area contributed by atoms with E-state index >= 15 is 0 Å². The number of rotatable bonds is 4. The lowest BCUT2D eigenvalue weighted by atomic mass is 10.2. The van der Waals surface area contributed by atoms with Crippen molar-refractivity contribution in [3.05, 3.63) is 23.7 Å². The number of nitrogens with one attached hydrogen (secondary N) is 1. The van der Waals surface area contributed by atoms with Crippen LogP contribution in [0, 0.1) is 0 Å². The summed E-state index contributed by atoms with van der Waals surface area (Å²) in [5.41, 5.74) is 1.65. The van der Waals surface area contributed by atoms with Crippen molar-refractivity contribution in [1.29, 1.82) is 0 Å². The highest BCUT2D eigenvalue weighted by atomic mass is 32.1. The predicted molar refractivity (Wildman–Crippen MR) is 92.5 cm³/mol. The van der Waals surface area contributed by atoms with E-state index in [1.54, 1.807) is 10.9 Å². The first-order valence-electron chi connectivity index (χ1n) is 7.87. The van der Waals surface area contributed by atoms with Gasteiger partial charge in [0.15, 0.2) is 5.82 Å². The van der Waals surface area contributed by atoms with E-state index in [1.807, 2.05) is 24.6 Å². The summed E-state index contributed by atoms with van der Waals surface area (Å²) in [6.45, 7) is 0.567. The molecule has 1 aliphatic rings. The van der Waals surface area contributed by atoms with Crippen molar-refractivity contribution >= 4 is 27.5 Å². The van der Waals surface area contributed by atoms with Crippen molar-refractivity contribution < 1.29 is 14.3 Å². The molecule has 3 aromatic rings. The summed E-state index contributed by atoms with van der Waals surface area (Å²) in [6.07, 6.45) is 2.10. The fraction of sp³-hybridized carbons (Fsp3) is 0.375. The van der Waals surface area contributed by atoms with Crippen LogP contribution in [0.2, 0.25) is 0 Å². The van der Waals surface area contributed by atoms with E-state index in [4.69, 9.17) is 9.47 Å². The first kappa shape index (κ1) is 16.0. The summed E-state index contributed by atoms with van der Waals surface area (Å²) in [4.78, 5) is 20.9. The molecule has 1 fully saturated rings. The normalized spacial score (nSPS) is 20.1. The summed E-state index contributed by atoms with van der Waals surface area (Å²) < 4.78 is 13.5. The van der Waals surface area contributed by atoms with E-state index in [2.05, 4.69) is 20.4 Å². The molecule has 25 heavy (non-hydrogen) atoms. The monoisotopic (exact) mass is 359 g/mol. The third-order valence-electron chi connectivity index (χ3n) is 4.18. The Morgan fingerprint density at radius 1 is 1.40 bits per heavy atom. The molecule has 0 aromatic carbocycles. The fourth-order valence-electron chi connectivity index (χ4n) is 2.90. The second-order valence-electron chi connectivity index (χ2n) is 5.79. The molecule has 0 saturated carbocycles. The second-order valence-corrected chi connectivity index (χ2v) is 6.70. The summed E-state index contributed by atoms with van der Waals surface area (Å²) in [5, 5.41) is 9.25. The molecule has 0 spiro atoms. The van der Waals surface area contributed by atoms with E-state index < -0.39 is 0 Å². The Morgan fingerprint density at radius 3 is 3.04 bits per heavy atom. The van der Waals surface area contributed by atoms with Crippen LogP contribution in [0.3, 0.4) is 0 Å². The number of thiophene rings is 1. The Balaban J connectivity index is 1.64. The topological polar surface area (TPSA) is 91.2 Å². The summed E-state index contributed by atoms with van der Waals surface area (Å²) in [5.74, 6) is 0.829. The molecular formula is C16H17N5O3S. The quantitative estimate of drug-likeness (QED) is 0.704. The van der Waals surface area contributed by atoms with Crippen molar-refractivity contribution in [2.45, 2.75) is 18.6 Å². The maximum Gasteiger partial charge on any atom is 0.323 e. The zero-order valence-corrected chi connectivity index (χ0v) is 14.6. The van der Waals surface area contributed by atoms with Gasteiger partial charge in [0.05, 0.1) is 12.6 Å². The highest BCUT2D eigenvalue weighted by molar-refractivity contribution is 7.17. The van der Waals surface area contributed by atoms with Gasteiger partial charge < -0.3 is 14.8 Å². The average molecular weight is 359 g/mol. The van der Waals surface area contributed by atoms with Crippen LogP contribution in [0.25, 0.3) is 21.7 Å². The number of carbonyl (C=O) groups excluding carboxylic acids is 1. The second kappa shape index (κ2) is 6.41. The third kappa shape index (κ3) is 2.96. The summed E-state index contributed by atoms with van der Waals surface area (Å²) in [7, 11) is 3.23. The maximum atomic E-state index is 11.7. The Hall–Kier alpha value is -2.52. The molecule has 3 aromatic heterocycles. The van der Waals surface area contributed by atoms with Crippen LogP contribution in [0.5, 0.6) is 5.88 Å². The number of carbonyl (C=O) groups is 1. The molecule has 0 aliphatic carbocycles. The van der Waals surface area contributed by atoms with Crippen LogP contribution in [0.15, 0.2) is 23.7 Å². The van der Waals surface area contributed by atoms with E-state index in [0.717, 1.165) is 15.9 Å².